The quantitative estimate of drug-likeness (QED) is 0.355. The lowest BCUT2D eigenvalue weighted by Crippen LogP contribution is -2.57. The van der Waals surface area contributed by atoms with Crippen LogP contribution in [0, 0.1) is 0 Å². The van der Waals surface area contributed by atoms with Gasteiger partial charge in [0.1, 0.15) is 31.4 Å². The highest BCUT2D eigenvalue weighted by Gasteiger charge is 2.36. The zero-order chi connectivity index (χ0) is 8.70. The van der Waals surface area contributed by atoms with E-state index in [0.717, 1.165) is 12.8 Å². The third-order valence-corrected chi connectivity index (χ3v) is 2.06. The van der Waals surface area contributed by atoms with Crippen LogP contribution in [0.15, 0.2) is 0 Å². The fraction of sp³-hybridized carbons (Fsp3) is 1.00. The third kappa shape index (κ3) is 2.60. The van der Waals surface area contributed by atoms with Crippen LogP contribution in [-0.4, -0.2) is 48.2 Å². The van der Waals surface area contributed by atoms with Crippen molar-refractivity contribution in [1.29, 1.82) is 0 Å². The highest BCUT2D eigenvalue weighted by Crippen LogP contribution is 2.26. The molecule has 0 unspecified atom stereocenters. The molecule has 2 N–H and O–H groups in total. The zero-order valence-corrected chi connectivity index (χ0v) is 7.98. The van der Waals surface area contributed by atoms with Gasteiger partial charge in [0.25, 0.3) is 0 Å². The molecule has 0 bridgehead atoms. The molecule has 0 aromatic rings. The summed E-state index contributed by atoms with van der Waals surface area (Å²) in [6, 6.07) is 0.300. The van der Waals surface area contributed by atoms with E-state index < -0.39 is 0 Å². The lowest BCUT2D eigenvalue weighted by atomic mass is 9.53. The SMILES string of the molecule is BC1(B)CC(N)CC(B)(B)O1. The summed E-state index contributed by atoms with van der Waals surface area (Å²) in [5, 5.41) is -0.0810. The van der Waals surface area contributed by atoms with Gasteiger partial charge in [-0.25, -0.2) is 0 Å². The summed E-state index contributed by atoms with van der Waals surface area (Å²) in [4.78, 5) is 0. The first-order chi connectivity index (χ1) is 4.81. The van der Waals surface area contributed by atoms with Crippen LogP contribution in [0.1, 0.15) is 12.8 Å². The van der Waals surface area contributed by atoms with Gasteiger partial charge in [-0.15, -0.1) is 0 Å². The van der Waals surface area contributed by atoms with Gasteiger partial charge in [0.05, 0.1) is 0 Å². The molecule has 1 aliphatic rings. The second kappa shape index (κ2) is 2.60. The predicted molar refractivity (Wildman–Crippen MR) is 57.9 cm³/mol. The molecule has 0 aromatic heterocycles. The first kappa shape index (κ1) is 9.27. The van der Waals surface area contributed by atoms with Gasteiger partial charge < -0.3 is 10.5 Å². The van der Waals surface area contributed by atoms with Crippen LogP contribution in [0.2, 0.25) is 0 Å². The molecule has 0 radical (unpaired) electrons. The molecule has 0 atom stereocenters. The summed E-state index contributed by atoms with van der Waals surface area (Å²) in [5.41, 5.74) is 5.91. The molecule has 0 spiro atoms. The Labute approximate surface area is 72.3 Å². The zero-order valence-electron chi connectivity index (χ0n) is 7.98. The highest BCUT2D eigenvalue weighted by molar-refractivity contribution is 6.42. The van der Waals surface area contributed by atoms with E-state index in [2.05, 4.69) is 31.4 Å². The molecule has 11 heavy (non-hydrogen) atoms. The van der Waals surface area contributed by atoms with Gasteiger partial charge in [-0.1, -0.05) is 0 Å². The minimum Gasteiger partial charge on any atom is -0.404 e. The van der Waals surface area contributed by atoms with Crippen LogP contribution in [0.5, 0.6) is 0 Å². The van der Waals surface area contributed by atoms with Gasteiger partial charge in [-0.3, -0.25) is 0 Å². The fourth-order valence-electron chi connectivity index (χ4n) is 2.17. The Bertz CT molecular complexity index is 145. The van der Waals surface area contributed by atoms with Crippen molar-refractivity contribution in [3.8, 4) is 0 Å². The van der Waals surface area contributed by atoms with Crippen LogP contribution >= 0.6 is 0 Å². The fourth-order valence-corrected chi connectivity index (χ4v) is 2.17. The molecule has 58 valence electrons. The predicted octanol–water partition coefficient (Wildman–Crippen LogP) is -4.04. The van der Waals surface area contributed by atoms with Gasteiger partial charge in [0, 0.05) is 16.8 Å². The lowest BCUT2D eigenvalue weighted by Gasteiger charge is -2.45. The van der Waals surface area contributed by atoms with Crippen molar-refractivity contribution in [3.05, 3.63) is 0 Å². The van der Waals surface area contributed by atoms with Crippen molar-refractivity contribution in [2.75, 3.05) is 0 Å². The minimum absolute atomic E-state index is 0.0405. The number of hydrogen-bond acceptors (Lipinski definition) is 2. The molecule has 1 aliphatic heterocycles. The molecule has 0 aromatic carbocycles. The second-order valence-electron chi connectivity index (χ2n) is 4.79. The first-order valence-electron chi connectivity index (χ1n) is 4.27. The van der Waals surface area contributed by atoms with Crippen molar-refractivity contribution >= 4 is 31.4 Å². The van der Waals surface area contributed by atoms with Crippen molar-refractivity contribution in [3.63, 3.8) is 0 Å². The van der Waals surface area contributed by atoms with Crippen molar-refractivity contribution in [2.45, 2.75) is 29.7 Å². The normalized spacial score (nSPS) is 29.9. The Kier molecular flexibility index (Phi) is 2.19. The number of hydrogen-bond donors (Lipinski definition) is 1. The van der Waals surface area contributed by atoms with Crippen LogP contribution in [0.25, 0.3) is 0 Å². The summed E-state index contributed by atoms with van der Waals surface area (Å²) in [5.74, 6) is 0. The van der Waals surface area contributed by atoms with Gasteiger partial charge in [-0.05, 0) is 12.8 Å². The van der Waals surface area contributed by atoms with Gasteiger partial charge in [-0.2, -0.15) is 0 Å². The summed E-state index contributed by atoms with van der Waals surface area (Å²) in [7, 11) is 8.42. The van der Waals surface area contributed by atoms with E-state index in [1.807, 2.05) is 0 Å². The van der Waals surface area contributed by atoms with E-state index in [1.54, 1.807) is 0 Å². The Morgan fingerprint density at radius 1 is 1.09 bits per heavy atom. The monoisotopic (exact) mass is 149 g/mol. The Morgan fingerprint density at radius 3 is 1.73 bits per heavy atom. The molecule has 1 heterocycles. The second-order valence-corrected chi connectivity index (χ2v) is 4.79. The Morgan fingerprint density at radius 2 is 1.45 bits per heavy atom. The van der Waals surface area contributed by atoms with E-state index in [4.69, 9.17) is 10.5 Å². The van der Waals surface area contributed by atoms with Gasteiger partial charge in [0.2, 0.25) is 0 Å². The summed E-state index contributed by atoms with van der Waals surface area (Å²) in [6.45, 7) is 0. The van der Waals surface area contributed by atoms with Crippen molar-refractivity contribution in [2.24, 2.45) is 5.73 Å². The maximum Gasteiger partial charge on any atom is 0.132 e. The van der Waals surface area contributed by atoms with Crippen LogP contribution in [0.4, 0.5) is 0 Å². The molecule has 1 saturated heterocycles. The minimum atomic E-state index is -0.0405. The molecular weight excluding hydrogens is 133 g/mol. The van der Waals surface area contributed by atoms with Crippen molar-refractivity contribution in [1.82, 2.24) is 0 Å². The van der Waals surface area contributed by atoms with Crippen LogP contribution < -0.4 is 5.73 Å². The smallest absolute Gasteiger partial charge is 0.132 e. The number of rotatable bonds is 0. The Balaban J connectivity index is 2.66. The van der Waals surface area contributed by atoms with E-state index in [-0.39, 0.29) is 10.8 Å². The molecule has 2 nitrogen and oxygen atoms in total. The van der Waals surface area contributed by atoms with E-state index >= 15 is 0 Å². The summed E-state index contributed by atoms with van der Waals surface area (Å²) >= 11 is 0. The molecular formula is C5H15B4NO. The summed E-state index contributed by atoms with van der Waals surface area (Å²) < 4.78 is 5.85. The number of ether oxygens (including phenoxy) is 1. The van der Waals surface area contributed by atoms with E-state index in [1.165, 1.54) is 0 Å². The standard InChI is InChI=1S/C5H15B4NO/c6-4(7)1-3(10)2-5(8,9)11-4/h3H,1-2,6-10H2. The van der Waals surface area contributed by atoms with Crippen LogP contribution in [0.3, 0.4) is 0 Å². The average Bonchev–Trinajstić information content (AvgIpc) is 1.49. The highest BCUT2D eigenvalue weighted by atomic mass is 16.5. The average molecular weight is 148 g/mol. The summed E-state index contributed by atoms with van der Waals surface area (Å²) in [6.07, 6.45) is 1.94. The first-order valence-corrected chi connectivity index (χ1v) is 4.27. The largest absolute Gasteiger partial charge is 0.404 e. The van der Waals surface area contributed by atoms with Crippen molar-refractivity contribution < 1.29 is 4.74 Å². The molecule has 0 amide bonds. The lowest BCUT2D eigenvalue weighted by molar-refractivity contribution is -0.0214. The van der Waals surface area contributed by atoms with Gasteiger partial charge >= 0.3 is 0 Å². The molecule has 1 rings (SSSR count). The molecule has 0 aliphatic carbocycles. The van der Waals surface area contributed by atoms with E-state index in [0.29, 0.717) is 6.04 Å². The topological polar surface area (TPSA) is 35.2 Å². The molecule has 6 heteroatoms. The molecule has 1 fully saturated rings. The van der Waals surface area contributed by atoms with E-state index in [9.17, 15) is 0 Å². The third-order valence-electron chi connectivity index (χ3n) is 2.06. The molecule has 0 saturated carbocycles. The van der Waals surface area contributed by atoms with Crippen LogP contribution in [-0.2, 0) is 4.74 Å². The maximum absolute atomic E-state index is 5.91. The van der Waals surface area contributed by atoms with Gasteiger partial charge in [0.15, 0.2) is 0 Å². The number of nitrogens with two attached hydrogens (primary N) is 1. The Hall–Kier alpha value is 0.180. The maximum atomic E-state index is 5.91.